The topological polar surface area (TPSA) is 38.0 Å². The van der Waals surface area contributed by atoms with Crippen LogP contribution in [0.3, 0.4) is 0 Å². The second-order valence-corrected chi connectivity index (χ2v) is 6.04. The second-order valence-electron chi connectivity index (χ2n) is 6.04. The summed E-state index contributed by atoms with van der Waals surface area (Å²) in [6.07, 6.45) is 8.09. The summed E-state index contributed by atoms with van der Waals surface area (Å²) >= 11 is 0. The van der Waals surface area contributed by atoms with Gasteiger partial charge in [0.25, 0.3) is 0 Å². The Morgan fingerprint density at radius 3 is 2.72 bits per heavy atom. The van der Waals surface area contributed by atoms with Crippen LogP contribution in [0.5, 0.6) is 0 Å². The zero-order chi connectivity index (χ0) is 12.8. The quantitative estimate of drug-likeness (QED) is 0.617. The van der Waals surface area contributed by atoms with Gasteiger partial charge in [0.2, 0.25) is 0 Å². The zero-order valence-corrected chi connectivity index (χ0v) is 11.5. The number of nitrogen functional groups attached to an aromatic ring is 1. The minimum atomic E-state index is 0.536. The molecular weight excluding hydrogens is 220 g/mol. The molecule has 0 heterocycles. The molecule has 3 N–H and O–H groups in total. The maximum atomic E-state index is 5.78. The largest absolute Gasteiger partial charge is 0.399 e. The highest BCUT2D eigenvalue weighted by Crippen LogP contribution is 2.34. The molecule has 100 valence electrons. The van der Waals surface area contributed by atoms with Crippen molar-refractivity contribution in [2.75, 3.05) is 18.8 Å². The minimum Gasteiger partial charge on any atom is -0.399 e. The van der Waals surface area contributed by atoms with E-state index in [-0.39, 0.29) is 0 Å². The van der Waals surface area contributed by atoms with Crippen molar-refractivity contribution in [2.24, 2.45) is 5.41 Å². The Morgan fingerprint density at radius 2 is 2.00 bits per heavy atom. The highest BCUT2D eigenvalue weighted by atomic mass is 14.9. The van der Waals surface area contributed by atoms with Crippen molar-refractivity contribution in [1.29, 1.82) is 0 Å². The maximum Gasteiger partial charge on any atom is 0.0316 e. The fourth-order valence-corrected chi connectivity index (χ4v) is 2.95. The van der Waals surface area contributed by atoms with Crippen LogP contribution < -0.4 is 11.1 Å². The van der Waals surface area contributed by atoms with Gasteiger partial charge in [-0.3, -0.25) is 0 Å². The van der Waals surface area contributed by atoms with Crippen molar-refractivity contribution in [2.45, 2.75) is 45.4 Å². The van der Waals surface area contributed by atoms with Gasteiger partial charge in [-0.15, -0.1) is 0 Å². The van der Waals surface area contributed by atoms with E-state index in [1.54, 1.807) is 0 Å². The van der Waals surface area contributed by atoms with Crippen LogP contribution in [-0.4, -0.2) is 13.1 Å². The van der Waals surface area contributed by atoms with E-state index in [1.165, 1.54) is 37.7 Å². The summed E-state index contributed by atoms with van der Waals surface area (Å²) in [6, 6.07) is 8.21. The molecule has 0 spiro atoms. The molecule has 0 bridgehead atoms. The third-order valence-electron chi connectivity index (χ3n) is 4.15. The van der Waals surface area contributed by atoms with E-state index in [9.17, 15) is 0 Å². The lowest BCUT2D eigenvalue weighted by atomic mass is 9.76. The third-order valence-corrected chi connectivity index (χ3v) is 4.15. The first-order valence-corrected chi connectivity index (χ1v) is 7.23. The lowest BCUT2D eigenvalue weighted by Crippen LogP contribution is -2.34. The van der Waals surface area contributed by atoms with E-state index in [0.29, 0.717) is 5.41 Å². The van der Waals surface area contributed by atoms with Crippen LogP contribution >= 0.6 is 0 Å². The van der Waals surface area contributed by atoms with Crippen LogP contribution in [0.2, 0.25) is 0 Å². The number of nitrogens with one attached hydrogen (secondary N) is 1. The summed E-state index contributed by atoms with van der Waals surface area (Å²) in [5, 5.41) is 3.62. The van der Waals surface area contributed by atoms with Crippen molar-refractivity contribution >= 4 is 5.69 Å². The average molecular weight is 246 g/mol. The van der Waals surface area contributed by atoms with Crippen molar-refractivity contribution < 1.29 is 0 Å². The van der Waals surface area contributed by atoms with Gasteiger partial charge in [-0.1, -0.05) is 38.3 Å². The van der Waals surface area contributed by atoms with Crippen molar-refractivity contribution in [3.05, 3.63) is 29.8 Å². The van der Waals surface area contributed by atoms with E-state index in [2.05, 4.69) is 24.4 Å². The SMILES string of the molecule is CC1(CNCCc2cccc(N)c2)CCCCC1. The summed E-state index contributed by atoms with van der Waals surface area (Å²) in [5.41, 5.74) is 8.51. The fraction of sp³-hybridized carbons (Fsp3) is 0.625. The molecule has 0 aliphatic heterocycles. The molecule has 18 heavy (non-hydrogen) atoms. The maximum absolute atomic E-state index is 5.78. The van der Waals surface area contributed by atoms with Gasteiger partial charge in [0.1, 0.15) is 0 Å². The Balaban J connectivity index is 1.69. The number of nitrogens with two attached hydrogens (primary N) is 1. The average Bonchev–Trinajstić information content (AvgIpc) is 2.36. The van der Waals surface area contributed by atoms with E-state index < -0.39 is 0 Å². The summed E-state index contributed by atoms with van der Waals surface area (Å²) < 4.78 is 0. The molecule has 0 aromatic heterocycles. The lowest BCUT2D eigenvalue weighted by molar-refractivity contribution is 0.208. The first kappa shape index (κ1) is 13.4. The normalized spacial score (nSPS) is 18.7. The molecule has 1 aliphatic carbocycles. The highest BCUT2D eigenvalue weighted by Gasteiger charge is 2.25. The fourth-order valence-electron chi connectivity index (χ4n) is 2.95. The van der Waals surface area contributed by atoms with Gasteiger partial charge in [-0.05, 0) is 48.9 Å². The van der Waals surface area contributed by atoms with Crippen LogP contribution in [0.1, 0.15) is 44.6 Å². The molecule has 1 fully saturated rings. The van der Waals surface area contributed by atoms with Crippen LogP contribution in [0.15, 0.2) is 24.3 Å². The van der Waals surface area contributed by atoms with Crippen LogP contribution in [0.25, 0.3) is 0 Å². The Labute approximate surface area is 111 Å². The number of hydrogen-bond donors (Lipinski definition) is 2. The van der Waals surface area contributed by atoms with Gasteiger partial charge >= 0.3 is 0 Å². The summed E-state index contributed by atoms with van der Waals surface area (Å²) in [4.78, 5) is 0. The molecule has 2 nitrogen and oxygen atoms in total. The molecule has 1 aromatic rings. The first-order valence-electron chi connectivity index (χ1n) is 7.23. The van der Waals surface area contributed by atoms with Gasteiger partial charge in [0.15, 0.2) is 0 Å². The summed E-state index contributed by atoms with van der Waals surface area (Å²) in [7, 11) is 0. The third kappa shape index (κ3) is 4.02. The number of hydrogen-bond acceptors (Lipinski definition) is 2. The van der Waals surface area contributed by atoms with Crippen LogP contribution in [0.4, 0.5) is 5.69 Å². The molecule has 2 rings (SSSR count). The van der Waals surface area contributed by atoms with Gasteiger partial charge in [0, 0.05) is 12.2 Å². The van der Waals surface area contributed by atoms with E-state index >= 15 is 0 Å². The monoisotopic (exact) mass is 246 g/mol. The molecule has 0 atom stereocenters. The highest BCUT2D eigenvalue weighted by molar-refractivity contribution is 5.40. The van der Waals surface area contributed by atoms with E-state index in [4.69, 9.17) is 5.73 Å². The molecule has 1 aromatic carbocycles. The smallest absolute Gasteiger partial charge is 0.0316 e. The van der Waals surface area contributed by atoms with Gasteiger partial charge in [-0.2, -0.15) is 0 Å². The Hall–Kier alpha value is -1.02. The molecule has 1 saturated carbocycles. The van der Waals surface area contributed by atoms with Gasteiger partial charge in [-0.25, -0.2) is 0 Å². The Bertz CT molecular complexity index is 367. The number of anilines is 1. The van der Waals surface area contributed by atoms with Crippen molar-refractivity contribution in [3.63, 3.8) is 0 Å². The molecule has 1 aliphatic rings. The molecule has 0 radical (unpaired) electrons. The zero-order valence-electron chi connectivity index (χ0n) is 11.5. The van der Waals surface area contributed by atoms with Crippen LogP contribution in [0, 0.1) is 5.41 Å². The molecule has 0 saturated heterocycles. The Kier molecular flexibility index (Phi) is 4.65. The van der Waals surface area contributed by atoms with E-state index in [1.807, 2.05) is 12.1 Å². The minimum absolute atomic E-state index is 0.536. The van der Waals surface area contributed by atoms with Gasteiger partial charge < -0.3 is 11.1 Å². The number of rotatable bonds is 5. The van der Waals surface area contributed by atoms with Crippen LogP contribution in [-0.2, 0) is 6.42 Å². The predicted octanol–water partition coefficient (Wildman–Crippen LogP) is 3.37. The second kappa shape index (κ2) is 6.24. The van der Waals surface area contributed by atoms with Crippen molar-refractivity contribution in [3.8, 4) is 0 Å². The summed E-state index contributed by atoms with van der Waals surface area (Å²) in [5.74, 6) is 0. The van der Waals surface area contributed by atoms with Crippen molar-refractivity contribution in [1.82, 2.24) is 5.32 Å². The Morgan fingerprint density at radius 1 is 1.22 bits per heavy atom. The molecule has 0 amide bonds. The molecule has 0 unspecified atom stereocenters. The molecule has 2 heteroatoms. The molecular formula is C16H26N2. The predicted molar refractivity (Wildman–Crippen MR) is 78.6 cm³/mol. The number of benzene rings is 1. The summed E-state index contributed by atoms with van der Waals surface area (Å²) in [6.45, 7) is 4.65. The lowest BCUT2D eigenvalue weighted by Gasteiger charge is -2.33. The first-order chi connectivity index (χ1) is 8.68. The van der Waals surface area contributed by atoms with Gasteiger partial charge in [0.05, 0.1) is 0 Å². The van der Waals surface area contributed by atoms with E-state index in [0.717, 1.165) is 25.2 Å². The standard InChI is InChI=1S/C16H26N2/c1-16(9-3-2-4-10-16)13-18-11-8-14-6-5-7-15(17)12-14/h5-7,12,18H,2-4,8-11,13,17H2,1H3.